The molecule has 2 amide bonds. The van der Waals surface area contributed by atoms with Gasteiger partial charge in [0.15, 0.2) is 0 Å². The highest BCUT2D eigenvalue weighted by molar-refractivity contribution is 8.01. The van der Waals surface area contributed by atoms with E-state index in [0.29, 0.717) is 6.54 Å². The third-order valence-electron chi connectivity index (χ3n) is 3.63. The van der Waals surface area contributed by atoms with E-state index in [9.17, 15) is 13.2 Å². The number of carbonyl (C=O) groups is 1. The third kappa shape index (κ3) is 5.97. The molecule has 0 unspecified atom stereocenters. The molecule has 1 fully saturated rings. The van der Waals surface area contributed by atoms with E-state index < -0.39 is 10.2 Å². The zero-order chi connectivity index (χ0) is 17.6. The number of carbonyl (C=O) groups excluding carboxylic acids is 1. The van der Waals surface area contributed by atoms with Crippen molar-refractivity contribution in [3.8, 4) is 0 Å². The van der Waals surface area contributed by atoms with Crippen molar-refractivity contribution < 1.29 is 13.2 Å². The summed E-state index contributed by atoms with van der Waals surface area (Å²) >= 11 is 1.79. The van der Waals surface area contributed by atoms with Crippen molar-refractivity contribution in [2.75, 3.05) is 33.7 Å². The SMILES string of the molecule is CN(C)S(=O)(=O)NCCNC(=O)NCC1(Sc2ccccc2)CC1. The van der Waals surface area contributed by atoms with Crippen LogP contribution in [-0.4, -0.2) is 57.2 Å². The fourth-order valence-corrected chi connectivity index (χ4v) is 3.84. The van der Waals surface area contributed by atoms with Crippen LogP contribution >= 0.6 is 11.8 Å². The lowest BCUT2D eigenvalue weighted by Crippen LogP contribution is -2.44. The standard InChI is InChI=1S/C15H24N4O3S2/c1-19(2)24(21,22)18-11-10-16-14(20)17-12-15(8-9-15)23-13-6-4-3-5-7-13/h3-7,18H,8-12H2,1-2H3,(H2,16,17,20). The van der Waals surface area contributed by atoms with Gasteiger partial charge >= 0.3 is 6.03 Å². The monoisotopic (exact) mass is 372 g/mol. The first-order chi connectivity index (χ1) is 11.3. The van der Waals surface area contributed by atoms with Gasteiger partial charge in [0.25, 0.3) is 10.2 Å². The van der Waals surface area contributed by atoms with Gasteiger partial charge in [0.05, 0.1) is 0 Å². The van der Waals surface area contributed by atoms with Gasteiger partial charge < -0.3 is 10.6 Å². The van der Waals surface area contributed by atoms with E-state index in [0.717, 1.165) is 17.1 Å². The second-order valence-corrected chi connectivity index (χ2v) is 9.40. The number of rotatable bonds is 9. The average Bonchev–Trinajstić information content (AvgIpc) is 3.30. The minimum absolute atomic E-state index is 0.0885. The Kier molecular flexibility index (Phi) is 6.50. The van der Waals surface area contributed by atoms with Gasteiger partial charge in [-0.3, -0.25) is 0 Å². The van der Waals surface area contributed by atoms with E-state index in [1.165, 1.54) is 19.0 Å². The van der Waals surface area contributed by atoms with Crippen molar-refractivity contribution in [1.82, 2.24) is 19.7 Å². The molecule has 0 saturated heterocycles. The molecule has 134 valence electrons. The van der Waals surface area contributed by atoms with Gasteiger partial charge in [-0.2, -0.15) is 12.7 Å². The van der Waals surface area contributed by atoms with Crippen LogP contribution < -0.4 is 15.4 Å². The predicted octanol–water partition coefficient (Wildman–Crippen LogP) is 1.01. The zero-order valence-corrected chi connectivity index (χ0v) is 15.5. The van der Waals surface area contributed by atoms with Crippen LogP contribution in [-0.2, 0) is 10.2 Å². The van der Waals surface area contributed by atoms with Crippen LogP contribution in [0, 0.1) is 0 Å². The maximum absolute atomic E-state index is 11.8. The molecule has 0 aromatic heterocycles. The lowest BCUT2D eigenvalue weighted by atomic mass is 10.4. The first kappa shape index (κ1) is 19.0. The van der Waals surface area contributed by atoms with Crippen LogP contribution in [0.2, 0.25) is 0 Å². The van der Waals surface area contributed by atoms with Crippen LogP contribution in [0.4, 0.5) is 4.79 Å². The summed E-state index contributed by atoms with van der Waals surface area (Å²) in [7, 11) is -0.555. The van der Waals surface area contributed by atoms with Crippen LogP contribution in [0.1, 0.15) is 12.8 Å². The number of hydrogen-bond acceptors (Lipinski definition) is 4. The quantitative estimate of drug-likeness (QED) is 0.564. The van der Waals surface area contributed by atoms with Crippen molar-refractivity contribution >= 4 is 28.0 Å². The molecule has 9 heteroatoms. The highest BCUT2D eigenvalue weighted by Gasteiger charge is 2.43. The number of urea groups is 1. The molecule has 1 aromatic carbocycles. The maximum atomic E-state index is 11.8. The topological polar surface area (TPSA) is 90.5 Å². The van der Waals surface area contributed by atoms with Gasteiger partial charge in [0.1, 0.15) is 0 Å². The molecule has 0 atom stereocenters. The molecule has 1 aliphatic carbocycles. The first-order valence-electron chi connectivity index (χ1n) is 7.76. The Bertz CT molecular complexity index is 646. The molecule has 0 bridgehead atoms. The minimum Gasteiger partial charge on any atom is -0.337 e. The van der Waals surface area contributed by atoms with Crippen molar-refractivity contribution in [2.24, 2.45) is 0 Å². The number of thioether (sulfide) groups is 1. The molecule has 1 aliphatic rings. The Hall–Kier alpha value is -1.29. The van der Waals surface area contributed by atoms with Crippen LogP contribution in [0.25, 0.3) is 0 Å². The Labute approximate surface area is 147 Å². The van der Waals surface area contributed by atoms with E-state index in [-0.39, 0.29) is 23.9 Å². The van der Waals surface area contributed by atoms with E-state index in [4.69, 9.17) is 0 Å². The molecule has 3 N–H and O–H groups in total. The van der Waals surface area contributed by atoms with Gasteiger partial charge in [0, 0.05) is 43.4 Å². The molecule has 0 spiro atoms. The fraction of sp³-hybridized carbons (Fsp3) is 0.533. The van der Waals surface area contributed by atoms with Crippen molar-refractivity contribution in [2.45, 2.75) is 22.5 Å². The minimum atomic E-state index is -3.45. The van der Waals surface area contributed by atoms with Gasteiger partial charge in [-0.15, -0.1) is 11.8 Å². The number of amides is 2. The summed E-state index contributed by atoms with van der Waals surface area (Å²) in [5.41, 5.74) is 0. The van der Waals surface area contributed by atoms with Crippen molar-refractivity contribution in [1.29, 1.82) is 0 Å². The molecule has 24 heavy (non-hydrogen) atoms. The number of hydrogen-bond donors (Lipinski definition) is 3. The Morgan fingerprint density at radius 1 is 1.17 bits per heavy atom. The van der Waals surface area contributed by atoms with E-state index in [2.05, 4.69) is 27.5 Å². The summed E-state index contributed by atoms with van der Waals surface area (Å²) in [5.74, 6) is 0. The Balaban J connectivity index is 1.65. The normalized spacial score (nSPS) is 16.0. The average molecular weight is 373 g/mol. The number of benzene rings is 1. The lowest BCUT2D eigenvalue weighted by molar-refractivity contribution is 0.241. The molecule has 7 nitrogen and oxygen atoms in total. The Morgan fingerprint density at radius 2 is 1.83 bits per heavy atom. The second-order valence-electron chi connectivity index (χ2n) is 5.89. The predicted molar refractivity (Wildman–Crippen MR) is 96.3 cm³/mol. The van der Waals surface area contributed by atoms with E-state index in [1.54, 1.807) is 11.8 Å². The third-order valence-corrected chi connectivity index (χ3v) is 6.66. The van der Waals surface area contributed by atoms with Gasteiger partial charge in [-0.05, 0) is 25.0 Å². The second kappa shape index (κ2) is 8.19. The largest absolute Gasteiger partial charge is 0.337 e. The smallest absolute Gasteiger partial charge is 0.314 e. The summed E-state index contributed by atoms with van der Waals surface area (Å²) in [6, 6.07) is 9.86. The summed E-state index contributed by atoms with van der Waals surface area (Å²) < 4.78 is 26.6. The number of nitrogens with one attached hydrogen (secondary N) is 3. The molecular formula is C15H24N4O3S2. The molecule has 0 radical (unpaired) electrons. The maximum Gasteiger partial charge on any atom is 0.314 e. The molecule has 0 aliphatic heterocycles. The van der Waals surface area contributed by atoms with Gasteiger partial charge in [0.2, 0.25) is 0 Å². The Morgan fingerprint density at radius 3 is 2.42 bits per heavy atom. The zero-order valence-electron chi connectivity index (χ0n) is 13.9. The lowest BCUT2D eigenvalue weighted by Gasteiger charge is -2.16. The van der Waals surface area contributed by atoms with Crippen molar-refractivity contribution in [3.63, 3.8) is 0 Å². The van der Waals surface area contributed by atoms with Crippen molar-refractivity contribution in [3.05, 3.63) is 30.3 Å². The van der Waals surface area contributed by atoms with E-state index >= 15 is 0 Å². The summed E-state index contributed by atoms with van der Waals surface area (Å²) in [5, 5.41) is 5.52. The molecule has 2 rings (SSSR count). The van der Waals surface area contributed by atoms with Crippen LogP contribution in [0.5, 0.6) is 0 Å². The summed E-state index contributed by atoms with van der Waals surface area (Å²) in [6.45, 7) is 0.984. The number of nitrogens with zero attached hydrogens (tertiary/aromatic N) is 1. The van der Waals surface area contributed by atoms with Gasteiger partial charge in [-0.1, -0.05) is 18.2 Å². The summed E-state index contributed by atoms with van der Waals surface area (Å²) in [4.78, 5) is 13.0. The van der Waals surface area contributed by atoms with Crippen LogP contribution in [0.15, 0.2) is 35.2 Å². The summed E-state index contributed by atoms with van der Waals surface area (Å²) in [6.07, 6.45) is 2.16. The van der Waals surface area contributed by atoms with Gasteiger partial charge in [-0.25, -0.2) is 9.52 Å². The van der Waals surface area contributed by atoms with E-state index in [1.807, 2.05) is 18.2 Å². The molecule has 1 aromatic rings. The molecule has 0 heterocycles. The molecular weight excluding hydrogens is 348 g/mol. The highest BCUT2D eigenvalue weighted by atomic mass is 32.2. The highest BCUT2D eigenvalue weighted by Crippen LogP contribution is 2.51. The first-order valence-corrected chi connectivity index (χ1v) is 10.0. The van der Waals surface area contributed by atoms with Crippen LogP contribution in [0.3, 0.4) is 0 Å². The fourth-order valence-electron chi connectivity index (χ4n) is 1.98. The molecule has 1 saturated carbocycles.